The van der Waals surface area contributed by atoms with Crippen molar-refractivity contribution in [3.05, 3.63) is 29.8 Å². The van der Waals surface area contributed by atoms with E-state index >= 15 is 0 Å². The number of Topliss-reactive ketones (excluding diaryl/α,β-unsaturated/α-hetero) is 1. The highest BCUT2D eigenvalue weighted by atomic mass is 32.2. The number of carbonyl (C=O) groups is 2. The Hall–Kier alpha value is -1.73. The standard InChI is InChI=1S/C18H24N2O4S/c1-19(2)25(23,24)14-7-3-6-13(12-14)18(22)20-11-5-9-16(20)15-8-4-10-17(15)21/h3,6-7,12,15-16H,4-5,8-11H2,1-2H3. The molecule has 0 radical (unpaired) electrons. The van der Waals surface area contributed by atoms with Crippen LogP contribution in [0.15, 0.2) is 29.2 Å². The normalized spacial score (nSPS) is 24.3. The summed E-state index contributed by atoms with van der Waals surface area (Å²) in [6.45, 7) is 0.623. The average Bonchev–Trinajstić information content (AvgIpc) is 3.22. The third-order valence-corrected chi connectivity index (χ3v) is 7.05. The average molecular weight is 364 g/mol. The van der Waals surface area contributed by atoms with Gasteiger partial charge in [0, 0.05) is 44.6 Å². The van der Waals surface area contributed by atoms with Gasteiger partial charge in [0.05, 0.1) is 4.90 Å². The Kier molecular flexibility index (Phi) is 4.97. The summed E-state index contributed by atoms with van der Waals surface area (Å²) >= 11 is 0. The van der Waals surface area contributed by atoms with Crippen molar-refractivity contribution < 1.29 is 18.0 Å². The fraction of sp³-hybridized carbons (Fsp3) is 0.556. The Morgan fingerprint density at radius 3 is 2.60 bits per heavy atom. The van der Waals surface area contributed by atoms with Crippen molar-refractivity contribution in [2.75, 3.05) is 20.6 Å². The van der Waals surface area contributed by atoms with Crippen LogP contribution < -0.4 is 0 Å². The number of sulfonamides is 1. The lowest BCUT2D eigenvalue weighted by atomic mass is 9.94. The van der Waals surface area contributed by atoms with Gasteiger partial charge >= 0.3 is 0 Å². The fourth-order valence-corrected chi connectivity index (χ4v) is 4.83. The summed E-state index contributed by atoms with van der Waals surface area (Å²) in [5, 5.41) is 0. The van der Waals surface area contributed by atoms with Gasteiger partial charge in [-0.3, -0.25) is 9.59 Å². The smallest absolute Gasteiger partial charge is 0.254 e. The van der Waals surface area contributed by atoms with Crippen LogP contribution in [0.5, 0.6) is 0 Å². The summed E-state index contributed by atoms with van der Waals surface area (Å²) in [5.74, 6) is 0.0202. The first-order valence-electron chi connectivity index (χ1n) is 8.68. The number of benzene rings is 1. The van der Waals surface area contributed by atoms with E-state index in [0.717, 1.165) is 30.0 Å². The molecule has 2 aliphatic rings. The Bertz CT molecular complexity index is 788. The van der Waals surface area contributed by atoms with Crippen LogP contribution in [0, 0.1) is 5.92 Å². The van der Waals surface area contributed by atoms with Gasteiger partial charge in [0.15, 0.2) is 0 Å². The summed E-state index contributed by atoms with van der Waals surface area (Å²) in [4.78, 5) is 27.0. The zero-order valence-electron chi connectivity index (χ0n) is 14.6. The molecule has 0 spiro atoms. The van der Waals surface area contributed by atoms with Crippen LogP contribution >= 0.6 is 0 Å². The third-order valence-electron chi connectivity index (χ3n) is 5.24. The second-order valence-electron chi connectivity index (χ2n) is 6.99. The van der Waals surface area contributed by atoms with E-state index in [0.29, 0.717) is 18.5 Å². The zero-order valence-corrected chi connectivity index (χ0v) is 15.5. The van der Waals surface area contributed by atoms with Crippen LogP contribution in [0.2, 0.25) is 0 Å². The van der Waals surface area contributed by atoms with E-state index < -0.39 is 10.0 Å². The molecule has 0 bridgehead atoms. The minimum absolute atomic E-state index is 0.0448. The van der Waals surface area contributed by atoms with Crippen molar-refractivity contribution in [3.63, 3.8) is 0 Å². The number of likely N-dealkylation sites (tertiary alicyclic amines) is 1. The van der Waals surface area contributed by atoms with Gasteiger partial charge in [0.2, 0.25) is 10.0 Å². The minimum atomic E-state index is -3.59. The highest BCUT2D eigenvalue weighted by molar-refractivity contribution is 7.89. The minimum Gasteiger partial charge on any atom is -0.335 e. The number of amides is 1. The molecule has 1 aliphatic heterocycles. The largest absolute Gasteiger partial charge is 0.335 e. The van der Waals surface area contributed by atoms with E-state index in [2.05, 4.69) is 0 Å². The number of hydrogen-bond acceptors (Lipinski definition) is 4. The molecule has 0 N–H and O–H groups in total. The Morgan fingerprint density at radius 1 is 1.20 bits per heavy atom. The Balaban J connectivity index is 1.87. The van der Waals surface area contributed by atoms with Crippen LogP contribution in [0.3, 0.4) is 0 Å². The number of hydrogen-bond donors (Lipinski definition) is 0. The van der Waals surface area contributed by atoms with Gasteiger partial charge in [-0.15, -0.1) is 0 Å². The molecule has 1 saturated heterocycles. The van der Waals surface area contributed by atoms with E-state index in [1.807, 2.05) is 0 Å². The van der Waals surface area contributed by atoms with Crippen LogP contribution in [0.25, 0.3) is 0 Å². The number of rotatable bonds is 4. The molecule has 7 heteroatoms. The van der Waals surface area contributed by atoms with E-state index in [9.17, 15) is 18.0 Å². The SMILES string of the molecule is CN(C)S(=O)(=O)c1cccc(C(=O)N2CCCC2C2CCCC2=O)c1. The van der Waals surface area contributed by atoms with Gasteiger partial charge in [-0.05, 0) is 43.9 Å². The molecule has 25 heavy (non-hydrogen) atoms. The predicted molar refractivity (Wildman–Crippen MR) is 93.7 cm³/mol. The molecule has 1 saturated carbocycles. The molecule has 2 fully saturated rings. The molecule has 2 atom stereocenters. The summed E-state index contributed by atoms with van der Waals surface area (Å²) in [6, 6.07) is 6.12. The number of ketones is 1. The van der Waals surface area contributed by atoms with Gasteiger partial charge in [-0.2, -0.15) is 0 Å². The summed E-state index contributed by atoms with van der Waals surface area (Å²) in [6.07, 6.45) is 4.09. The van der Waals surface area contributed by atoms with E-state index in [1.54, 1.807) is 17.0 Å². The monoisotopic (exact) mass is 364 g/mol. The van der Waals surface area contributed by atoms with Crippen LogP contribution in [0.1, 0.15) is 42.5 Å². The highest BCUT2D eigenvalue weighted by Gasteiger charge is 2.40. The second-order valence-corrected chi connectivity index (χ2v) is 9.14. The summed E-state index contributed by atoms with van der Waals surface area (Å²) < 4.78 is 25.7. The van der Waals surface area contributed by atoms with Crippen LogP contribution in [0.4, 0.5) is 0 Å². The van der Waals surface area contributed by atoms with Gasteiger partial charge in [0.25, 0.3) is 5.91 Å². The zero-order chi connectivity index (χ0) is 18.2. The number of nitrogens with zero attached hydrogens (tertiary/aromatic N) is 2. The first-order valence-corrected chi connectivity index (χ1v) is 10.1. The molecule has 1 heterocycles. The lowest BCUT2D eigenvalue weighted by molar-refractivity contribution is -0.121. The summed E-state index contributed by atoms with van der Waals surface area (Å²) in [7, 11) is -0.657. The third kappa shape index (κ3) is 3.35. The van der Waals surface area contributed by atoms with Crippen molar-refractivity contribution in [2.24, 2.45) is 5.92 Å². The molecular formula is C18H24N2O4S. The van der Waals surface area contributed by atoms with Crippen molar-refractivity contribution in [1.29, 1.82) is 0 Å². The molecule has 2 unspecified atom stereocenters. The van der Waals surface area contributed by atoms with Crippen molar-refractivity contribution >= 4 is 21.7 Å². The maximum Gasteiger partial charge on any atom is 0.254 e. The van der Waals surface area contributed by atoms with Crippen molar-refractivity contribution in [3.8, 4) is 0 Å². The fourth-order valence-electron chi connectivity index (χ4n) is 3.88. The second kappa shape index (κ2) is 6.88. The van der Waals surface area contributed by atoms with Gasteiger partial charge in [-0.1, -0.05) is 6.07 Å². The van der Waals surface area contributed by atoms with E-state index in [4.69, 9.17) is 0 Å². The molecular weight excluding hydrogens is 340 g/mol. The molecule has 1 amide bonds. The summed E-state index contributed by atoms with van der Waals surface area (Å²) in [5.41, 5.74) is 0.361. The van der Waals surface area contributed by atoms with Crippen molar-refractivity contribution in [1.82, 2.24) is 9.21 Å². The Morgan fingerprint density at radius 2 is 1.96 bits per heavy atom. The molecule has 1 aromatic carbocycles. The van der Waals surface area contributed by atoms with Crippen LogP contribution in [-0.4, -0.2) is 56.0 Å². The molecule has 136 valence electrons. The van der Waals surface area contributed by atoms with Gasteiger partial charge in [-0.25, -0.2) is 12.7 Å². The lowest BCUT2D eigenvalue weighted by Gasteiger charge is -2.29. The molecule has 1 aliphatic carbocycles. The maximum absolute atomic E-state index is 13.0. The quantitative estimate of drug-likeness (QED) is 0.818. The van der Waals surface area contributed by atoms with Crippen LogP contribution in [-0.2, 0) is 14.8 Å². The van der Waals surface area contributed by atoms with Crippen molar-refractivity contribution in [2.45, 2.75) is 43.0 Å². The lowest BCUT2D eigenvalue weighted by Crippen LogP contribution is -2.41. The topological polar surface area (TPSA) is 74.8 Å². The highest BCUT2D eigenvalue weighted by Crippen LogP contribution is 2.34. The first kappa shape index (κ1) is 18.1. The van der Waals surface area contributed by atoms with E-state index in [1.165, 1.54) is 26.2 Å². The molecule has 3 rings (SSSR count). The van der Waals surface area contributed by atoms with Gasteiger partial charge < -0.3 is 4.90 Å². The first-order chi connectivity index (χ1) is 11.8. The molecule has 1 aromatic rings. The predicted octanol–water partition coefficient (Wildman–Crippen LogP) is 1.91. The molecule has 6 nitrogen and oxygen atoms in total. The van der Waals surface area contributed by atoms with Gasteiger partial charge in [0.1, 0.15) is 5.78 Å². The number of carbonyl (C=O) groups excluding carboxylic acids is 2. The van der Waals surface area contributed by atoms with E-state index in [-0.39, 0.29) is 28.5 Å². The molecule has 0 aromatic heterocycles. The Labute approximate surface area is 148 Å². The maximum atomic E-state index is 13.0.